The third-order valence-electron chi connectivity index (χ3n) is 7.91. The molecule has 3 aliphatic rings. The Morgan fingerprint density at radius 2 is 1.10 bits per heavy atom. The molecule has 0 radical (unpaired) electrons. The Bertz CT molecular complexity index is 1250. The van der Waals surface area contributed by atoms with E-state index in [1.54, 1.807) is 0 Å². The van der Waals surface area contributed by atoms with Crippen LogP contribution in [0.3, 0.4) is 0 Å². The summed E-state index contributed by atoms with van der Waals surface area (Å²) < 4.78 is 0. The van der Waals surface area contributed by atoms with Gasteiger partial charge in [-0.15, -0.1) is 0 Å². The number of nitrogens with one attached hydrogen (secondary N) is 3. The first-order valence-electron chi connectivity index (χ1n) is 14.0. The quantitative estimate of drug-likeness (QED) is 0.517. The van der Waals surface area contributed by atoms with Gasteiger partial charge in [0.15, 0.2) is 0 Å². The Morgan fingerprint density at radius 1 is 0.625 bits per heavy atom. The molecule has 2 aromatic rings. The van der Waals surface area contributed by atoms with Gasteiger partial charge in [-0.05, 0) is 36.8 Å². The predicted octanol–water partition coefficient (Wildman–Crippen LogP) is 0.553. The maximum atomic E-state index is 13.8. The first-order valence-corrected chi connectivity index (χ1v) is 14.0. The van der Waals surface area contributed by atoms with Crippen molar-refractivity contribution in [3.8, 4) is 0 Å². The van der Waals surface area contributed by atoms with Gasteiger partial charge in [-0.25, -0.2) is 0 Å². The summed E-state index contributed by atoms with van der Waals surface area (Å²) >= 11 is 0. The minimum Gasteiger partial charge on any atom is -0.345 e. The molecule has 10 heteroatoms. The molecule has 40 heavy (non-hydrogen) atoms. The fourth-order valence-corrected chi connectivity index (χ4v) is 5.90. The predicted molar refractivity (Wildman–Crippen MR) is 147 cm³/mol. The molecule has 0 bridgehead atoms. The van der Waals surface area contributed by atoms with Crippen LogP contribution < -0.4 is 16.0 Å². The topological polar surface area (TPSA) is 128 Å². The SMILES string of the molecule is O=C1CNC(=O)C2CCCN2C(=O)C(Cc2ccccc2)NC(=O)C2CCCN2C(=O)C(Cc2ccccc2)N1. The molecule has 0 aromatic heterocycles. The summed E-state index contributed by atoms with van der Waals surface area (Å²) in [5.74, 6) is -2.03. The van der Waals surface area contributed by atoms with Crippen LogP contribution in [0.4, 0.5) is 0 Å². The van der Waals surface area contributed by atoms with Crippen molar-refractivity contribution in [2.24, 2.45) is 0 Å². The molecule has 3 heterocycles. The highest BCUT2D eigenvalue weighted by molar-refractivity contribution is 5.97. The highest BCUT2D eigenvalue weighted by Gasteiger charge is 2.42. The maximum Gasteiger partial charge on any atom is 0.246 e. The van der Waals surface area contributed by atoms with Gasteiger partial charge in [0.25, 0.3) is 0 Å². The van der Waals surface area contributed by atoms with Gasteiger partial charge in [-0.1, -0.05) is 60.7 Å². The Morgan fingerprint density at radius 3 is 1.62 bits per heavy atom. The third-order valence-corrected chi connectivity index (χ3v) is 7.91. The number of rotatable bonds is 4. The molecular weight excluding hydrogens is 510 g/mol. The lowest BCUT2D eigenvalue weighted by Gasteiger charge is -2.31. The van der Waals surface area contributed by atoms with Crippen molar-refractivity contribution in [1.82, 2.24) is 25.8 Å². The van der Waals surface area contributed by atoms with E-state index < -0.39 is 41.9 Å². The van der Waals surface area contributed by atoms with Gasteiger partial charge in [0, 0.05) is 25.9 Å². The second-order valence-corrected chi connectivity index (χ2v) is 10.7. The lowest BCUT2D eigenvalue weighted by molar-refractivity contribution is -0.143. The summed E-state index contributed by atoms with van der Waals surface area (Å²) in [4.78, 5) is 70.3. The first kappa shape index (κ1) is 27.4. The molecule has 2 aromatic carbocycles. The van der Waals surface area contributed by atoms with Crippen LogP contribution in [0.5, 0.6) is 0 Å². The molecule has 3 N–H and O–H groups in total. The van der Waals surface area contributed by atoms with Crippen molar-refractivity contribution in [3.05, 3.63) is 71.8 Å². The summed E-state index contributed by atoms with van der Waals surface area (Å²) in [5, 5.41) is 8.38. The van der Waals surface area contributed by atoms with Gasteiger partial charge < -0.3 is 25.8 Å². The van der Waals surface area contributed by atoms with E-state index in [9.17, 15) is 24.0 Å². The number of carbonyl (C=O) groups excluding carboxylic acids is 5. The molecule has 5 rings (SSSR count). The second kappa shape index (κ2) is 12.3. The smallest absolute Gasteiger partial charge is 0.246 e. The minimum atomic E-state index is -0.907. The second-order valence-electron chi connectivity index (χ2n) is 10.7. The van der Waals surface area contributed by atoms with Crippen LogP contribution in [0.15, 0.2) is 60.7 Å². The van der Waals surface area contributed by atoms with Crippen molar-refractivity contribution in [3.63, 3.8) is 0 Å². The van der Waals surface area contributed by atoms with Crippen molar-refractivity contribution in [1.29, 1.82) is 0 Å². The summed E-state index contributed by atoms with van der Waals surface area (Å²) in [7, 11) is 0. The molecule has 3 fully saturated rings. The van der Waals surface area contributed by atoms with Gasteiger partial charge in [0.1, 0.15) is 24.2 Å². The van der Waals surface area contributed by atoms with Crippen LogP contribution in [0, 0.1) is 0 Å². The third kappa shape index (κ3) is 6.16. The zero-order valence-electron chi connectivity index (χ0n) is 22.4. The summed E-state index contributed by atoms with van der Waals surface area (Å²) in [6.45, 7) is 0.446. The maximum absolute atomic E-state index is 13.8. The fraction of sp³-hybridized carbons (Fsp3) is 0.433. The highest BCUT2D eigenvalue weighted by atomic mass is 16.2. The molecule has 210 valence electrons. The first-order chi connectivity index (χ1) is 19.4. The molecule has 10 nitrogen and oxygen atoms in total. The Labute approximate surface area is 233 Å². The van der Waals surface area contributed by atoms with Gasteiger partial charge >= 0.3 is 0 Å². The molecule has 3 aliphatic heterocycles. The molecule has 0 spiro atoms. The van der Waals surface area contributed by atoms with Gasteiger partial charge in [0.2, 0.25) is 29.5 Å². The molecule has 4 unspecified atom stereocenters. The Hall–Kier alpha value is -4.21. The van der Waals surface area contributed by atoms with Crippen LogP contribution in [0.2, 0.25) is 0 Å². The minimum absolute atomic E-state index is 0.246. The molecule has 3 saturated heterocycles. The van der Waals surface area contributed by atoms with Crippen LogP contribution in [-0.4, -0.2) is 83.1 Å². The number of carbonyl (C=O) groups is 5. The standard InChI is InChI=1S/C30H35N5O5/c36-26-19-31-27(37)24-13-7-15-34(24)30(40)23(18-21-11-5-2-6-12-21)33-28(38)25-14-8-16-35(25)29(39)22(32-26)17-20-9-3-1-4-10-20/h1-6,9-12,22-25H,7-8,13-19H2,(H,31,37)(H,32,36)(H,33,38). The lowest BCUT2D eigenvalue weighted by atomic mass is 10.0. The summed E-state index contributed by atoms with van der Waals surface area (Å²) in [6, 6.07) is 15.4. The zero-order chi connectivity index (χ0) is 28.1. The van der Waals surface area contributed by atoms with E-state index in [1.165, 1.54) is 9.80 Å². The number of nitrogens with zero attached hydrogens (tertiary/aromatic N) is 2. The van der Waals surface area contributed by atoms with Gasteiger partial charge in [-0.2, -0.15) is 0 Å². The average molecular weight is 546 g/mol. The highest BCUT2D eigenvalue weighted by Crippen LogP contribution is 2.23. The summed E-state index contributed by atoms with van der Waals surface area (Å²) in [5.41, 5.74) is 1.73. The number of benzene rings is 2. The van der Waals surface area contributed by atoms with Gasteiger partial charge in [0.05, 0.1) is 6.54 Å². The number of fused-ring (bicyclic) bond motifs is 2. The number of amides is 5. The molecule has 0 aliphatic carbocycles. The van der Waals surface area contributed by atoms with Crippen LogP contribution in [0.25, 0.3) is 0 Å². The average Bonchev–Trinajstić information content (AvgIpc) is 3.66. The van der Waals surface area contributed by atoms with Crippen molar-refractivity contribution >= 4 is 29.5 Å². The molecule has 4 atom stereocenters. The van der Waals surface area contributed by atoms with Crippen LogP contribution >= 0.6 is 0 Å². The lowest BCUT2D eigenvalue weighted by Crippen LogP contribution is -2.57. The van der Waals surface area contributed by atoms with E-state index in [4.69, 9.17) is 0 Å². The largest absolute Gasteiger partial charge is 0.345 e. The van der Waals surface area contributed by atoms with Gasteiger partial charge in [-0.3, -0.25) is 24.0 Å². The van der Waals surface area contributed by atoms with Crippen LogP contribution in [0.1, 0.15) is 36.8 Å². The zero-order valence-corrected chi connectivity index (χ0v) is 22.4. The van der Waals surface area contributed by atoms with Crippen molar-refractivity contribution < 1.29 is 24.0 Å². The van der Waals surface area contributed by atoms with E-state index in [2.05, 4.69) is 16.0 Å². The number of hydrogen-bond acceptors (Lipinski definition) is 5. The summed E-state index contributed by atoms with van der Waals surface area (Å²) in [6.07, 6.45) is 2.71. The molecular formula is C30H35N5O5. The normalized spacial score (nSPS) is 26.2. The van der Waals surface area contributed by atoms with E-state index in [0.29, 0.717) is 38.8 Å². The monoisotopic (exact) mass is 545 g/mol. The molecule has 5 amide bonds. The van der Waals surface area contributed by atoms with Crippen molar-refractivity contribution in [2.45, 2.75) is 62.7 Å². The van der Waals surface area contributed by atoms with E-state index in [-0.39, 0.29) is 31.2 Å². The molecule has 0 saturated carbocycles. The van der Waals surface area contributed by atoms with Crippen molar-refractivity contribution in [2.75, 3.05) is 19.6 Å². The van der Waals surface area contributed by atoms with E-state index in [0.717, 1.165) is 11.1 Å². The Balaban J connectivity index is 1.46. The Kier molecular flexibility index (Phi) is 8.42. The fourth-order valence-electron chi connectivity index (χ4n) is 5.90. The van der Waals surface area contributed by atoms with E-state index >= 15 is 0 Å². The number of hydrogen-bond donors (Lipinski definition) is 3. The van der Waals surface area contributed by atoms with E-state index in [1.807, 2.05) is 60.7 Å². The van der Waals surface area contributed by atoms with Crippen LogP contribution in [-0.2, 0) is 36.8 Å².